The topological polar surface area (TPSA) is 66.5 Å². The molecule has 0 saturated heterocycles. The van der Waals surface area contributed by atoms with Crippen LogP contribution in [0.5, 0.6) is 0 Å². The number of anilines is 1. The van der Waals surface area contributed by atoms with Crippen LogP contribution in [0, 0.1) is 0 Å². The first-order valence-corrected chi connectivity index (χ1v) is 10.7. The molecule has 0 unspecified atom stereocenters. The van der Waals surface area contributed by atoms with Crippen LogP contribution in [0.2, 0.25) is 0 Å². The lowest BCUT2D eigenvalue weighted by atomic mass is 10.1. The second-order valence-corrected chi connectivity index (χ2v) is 8.67. The van der Waals surface area contributed by atoms with Crippen LogP contribution in [0.1, 0.15) is 49.9 Å². The van der Waals surface area contributed by atoms with Gasteiger partial charge < -0.3 is 5.32 Å². The van der Waals surface area contributed by atoms with Crippen molar-refractivity contribution in [3.8, 4) is 0 Å². The highest BCUT2D eigenvalue weighted by molar-refractivity contribution is 7.92. The number of hydrogen-bond donors (Lipinski definition) is 1. The third-order valence-electron chi connectivity index (χ3n) is 4.51. The summed E-state index contributed by atoms with van der Waals surface area (Å²) in [4.78, 5) is 12.5. The zero-order valence-corrected chi connectivity index (χ0v) is 17.0. The van der Waals surface area contributed by atoms with Crippen molar-refractivity contribution >= 4 is 21.6 Å². The first-order valence-electron chi connectivity index (χ1n) is 9.31. The molecule has 1 atom stereocenters. The number of unbranched alkanes of at least 4 members (excludes halogenated alkanes) is 2. The molecule has 0 heterocycles. The number of nitrogens with zero attached hydrogens (tertiary/aromatic N) is 1. The summed E-state index contributed by atoms with van der Waals surface area (Å²) in [5.74, 6) is -0.181. The lowest BCUT2D eigenvalue weighted by molar-refractivity contribution is 0.0938. The molecule has 1 amide bonds. The lowest BCUT2D eigenvalue weighted by Gasteiger charge is -2.19. The molecule has 146 valence electrons. The van der Waals surface area contributed by atoms with E-state index in [1.165, 1.54) is 23.5 Å². The Morgan fingerprint density at radius 2 is 1.67 bits per heavy atom. The number of carbonyl (C=O) groups excluding carboxylic acids is 1. The predicted molar refractivity (Wildman–Crippen MR) is 110 cm³/mol. The molecular formula is C21H28N2O3S. The highest BCUT2D eigenvalue weighted by atomic mass is 32.2. The average Bonchev–Trinajstić information content (AvgIpc) is 2.68. The molecule has 2 aromatic carbocycles. The maximum Gasteiger partial charge on any atom is 0.264 e. The smallest absolute Gasteiger partial charge is 0.264 e. The number of benzene rings is 2. The second kappa shape index (κ2) is 9.55. The van der Waals surface area contributed by atoms with Gasteiger partial charge in [0.25, 0.3) is 15.9 Å². The summed E-state index contributed by atoms with van der Waals surface area (Å²) in [5, 5.41) is 2.96. The molecule has 6 heteroatoms. The van der Waals surface area contributed by atoms with Gasteiger partial charge in [-0.05, 0) is 49.7 Å². The van der Waals surface area contributed by atoms with E-state index < -0.39 is 10.0 Å². The van der Waals surface area contributed by atoms with Crippen LogP contribution in [-0.2, 0) is 10.0 Å². The monoisotopic (exact) mass is 388 g/mol. The quantitative estimate of drug-likeness (QED) is 0.654. The normalized spacial score (nSPS) is 12.4. The molecule has 1 N–H and O–H groups in total. The molecule has 0 bridgehead atoms. The van der Waals surface area contributed by atoms with Gasteiger partial charge in [-0.2, -0.15) is 0 Å². The molecule has 0 saturated carbocycles. The van der Waals surface area contributed by atoms with Crippen LogP contribution < -0.4 is 9.62 Å². The molecular weight excluding hydrogens is 360 g/mol. The van der Waals surface area contributed by atoms with Gasteiger partial charge in [0.2, 0.25) is 0 Å². The van der Waals surface area contributed by atoms with Crippen molar-refractivity contribution in [2.24, 2.45) is 0 Å². The zero-order chi connectivity index (χ0) is 19.9. The standard InChI is InChI=1S/C21H28N2O3S/c1-4-5-7-10-17(2)22-21(24)18-13-15-20(16-14-18)27(25,26)23(3)19-11-8-6-9-12-19/h6,8-9,11-17H,4-5,7,10H2,1-3H3,(H,22,24)/t17-/m0/s1. The van der Waals surface area contributed by atoms with E-state index in [2.05, 4.69) is 12.2 Å². The second-order valence-electron chi connectivity index (χ2n) is 6.70. The van der Waals surface area contributed by atoms with Crippen LogP contribution in [0.3, 0.4) is 0 Å². The predicted octanol–water partition coefficient (Wildman–Crippen LogP) is 4.21. The summed E-state index contributed by atoms with van der Waals surface area (Å²) in [7, 11) is -2.15. The van der Waals surface area contributed by atoms with Crippen molar-refractivity contribution in [1.82, 2.24) is 5.32 Å². The van der Waals surface area contributed by atoms with Gasteiger partial charge >= 0.3 is 0 Å². The Balaban J connectivity index is 2.06. The molecule has 2 rings (SSSR count). The minimum Gasteiger partial charge on any atom is -0.350 e. The van der Waals surface area contributed by atoms with Gasteiger partial charge in [-0.1, -0.05) is 44.4 Å². The molecule has 0 aliphatic carbocycles. The Bertz CT molecular complexity index is 833. The molecule has 0 radical (unpaired) electrons. The third-order valence-corrected chi connectivity index (χ3v) is 6.31. The van der Waals surface area contributed by atoms with Crippen LogP contribution >= 0.6 is 0 Å². The first kappa shape index (κ1) is 21.0. The molecule has 0 aliphatic rings. The summed E-state index contributed by atoms with van der Waals surface area (Å²) in [6, 6.07) is 15.0. The Morgan fingerprint density at radius 1 is 1.04 bits per heavy atom. The molecule has 27 heavy (non-hydrogen) atoms. The summed E-state index contributed by atoms with van der Waals surface area (Å²) < 4.78 is 26.8. The molecule has 0 fully saturated rings. The van der Waals surface area contributed by atoms with Crippen molar-refractivity contribution in [3.63, 3.8) is 0 Å². The number of carbonyl (C=O) groups is 1. The summed E-state index contributed by atoms with van der Waals surface area (Å²) in [5.41, 5.74) is 1.04. The van der Waals surface area contributed by atoms with Gasteiger partial charge in [0.1, 0.15) is 0 Å². The average molecular weight is 389 g/mol. The van der Waals surface area contributed by atoms with E-state index >= 15 is 0 Å². The van der Waals surface area contributed by atoms with E-state index in [4.69, 9.17) is 0 Å². The van der Waals surface area contributed by atoms with E-state index in [-0.39, 0.29) is 16.8 Å². The first-order chi connectivity index (χ1) is 12.9. The van der Waals surface area contributed by atoms with Crippen molar-refractivity contribution < 1.29 is 13.2 Å². The Morgan fingerprint density at radius 3 is 2.26 bits per heavy atom. The Kier molecular flexibility index (Phi) is 7.42. The highest BCUT2D eigenvalue weighted by Crippen LogP contribution is 2.22. The van der Waals surface area contributed by atoms with Crippen molar-refractivity contribution in [2.45, 2.75) is 50.5 Å². The van der Waals surface area contributed by atoms with E-state index in [1.807, 2.05) is 13.0 Å². The Labute approximate surface area is 162 Å². The molecule has 0 aromatic heterocycles. The van der Waals surface area contributed by atoms with E-state index in [1.54, 1.807) is 36.4 Å². The van der Waals surface area contributed by atoms with Gasteiger partial charge in [0, 0.05) is 18.7 Å². The maximum absolute atomic E-state index is 12.8. The van der Waals surface area contributed by atoms with Crippen molar-refractivity contribution in [3.05, 3.63) is 60.2 Å². The van der Waals surface area contributed by atoms with Gasteiger partial charge in [-0.25, -0.2) is 8.42 Å². The van der Waals surface area contributed by atoms with Gasteiger partial charge in [0.15, 0.2) is 0 Å². The molecule has 0 spiro atoms. The van der Waals surface area contributed by atoms with Crippen molar-refractivity contribution in [1.29, 1.82) is 0 Å². The number of sulfonamides is 1. The lowest BCUT2D eigenvalue weighted by Crippen LogP contribution is -2.32. The fraction of sp³-hybridized carbons (Fsp3) is 0.381. The third kappa shape index (κ3) is 5.57. The molecule has 2 aromatic rings. The fourth-order valence-electron chi connectivity index (χ4n) is 2.79. The number of amides is 1. The van der Waals surface area contributed by atoms with Crippen molar-refractivity contribution in [2.75, 3.05) is 11.4 Å². The summed E-state index contributed by atoms with van der Waals surface area (Å²) >= 11 is 0. The minimum absolute atomic E-state index is 0.0941. The van der Waals surface area contributed by atoms with Gasteiger partial charge in [-0.3, -0.25) is 9.10 Å². The SMILES string of the molecule is CCCCC[C@H](C)NC(=O)c1ccc(S(=O)(=O)N(C)c2ccccc2)cc1. The number of nitrogens with one attached hydrogen (secondary N) is 1. The number of para-hydroxylation sites is 1. The molecule has 0 aliphatic heterocycles. The number of rotatable bonds is 9. The largest absolute Gasteiger partial charge is 0.350 e. The molecule has 5 nitrogen and oxygen atoms in total. The zero-order valence-electron chi connectivity index (χ0n) is 16.2. The Hall–Kier alpha value is -2.34. The highest BCUT2D eigenvalue weighted by Gasteiger charge is 2.21. The minimum atomic E-state index is -3.67. The van der Waals surface area contributed by atoms with Crippen LogP contribution in [0.4, 0.5) is 5.69 Å². The van der Waals surface area contributed by atoms with Crippen LogP contribution in [0.25, 0.3) is 0 Å². The van der Waals surface area contributed by atoms with E-state index in [0.717, 1.165) is 25.7 Å². The van der Waals surface area contributed by atoms with Crippen LogP contribution in [-0.4, -0.2) is 27.4 Å². The van der Waals surface area contributed by atoms with E-state index in [0.29, 0.717) is 11.3 Å². The maximum atomic E-state index is 12.8. The summed E-state index contributed by atoms with van der Waals surface area (Å²) in [6.07, 6.45) is 4.32. The van der Waals surface area contributed by atoms with Gasteiger partial charge in [-0.15, -0.1) is 0 Å². The van der Waals surface area contributed by atoms with E-state index in [9.17, 15) is 13.2 Å². The van der Waals surface area contributed by atoms with Crippen LogP contribution in [0.15, 0.2) is 59.5 Å². The fourth-order valence-corrected chi connectivity index (χ4v) is 3.99. The summed E-state index contributed by atoms with van der Waals surface area (Å²) in [6.45, 7) is 4.13. The number of hydrogen-bond acceptors (Lipinski definition) is 3. The van der Waals surface area contributed by atoms with Gasteiger partial charge in [0.05, 0.1) is 10.6 Å².